The number of hydrogen-bond acceptors (Lipinski definition) is 6. The van der Waals surface area contributed by atoms with Gasteiger partial charge in [-0.15, -0.1) is 0 Å². The average molecular weight is 455 g/mol. The van der Waals surface area contributed by atoms with Crippen LogP contribution in [0.3, 0.4) is 0 Å². The molecule has 6 nitrogen and oxygen atoms in total. The Bertz CT molecular complexity index is 844. The lowest BCUT2D eigenvalue weighted by molar-refractivity contribution is -0.178. The molecule has 0 aliphatic carbocycles. The molecule has 0 fully saturated rings. The van der Waals surface area contributed by atoms with Crippen molar-refractivity contribution in [1.82, 2.24) is 0 Å². The van der Waals surface area contributed by atoms with E-state index in [1.807, 2.05) is 74.5 Å². The number of rotatable bonds is 10. The van der Waals surface area contributed by atoms with Crippen LogP contribution in [0, 0.1) is 17.8 Å². The Morgan fingerprint density at radius 3 is 1.52 bits per heavy atom. The van der Waals surface area contributed by atoms with Crippen molar-refractivity contribution in [2.45, 2.75) is 59.9 Å². The minimum atomic E-state index is -1.42. The third kappa shape index (κ3) is 9.08. The largest absolute Gasteiger partial charge is 0.460 e. The van der Waals surface area contributed by atoms with Crippen LogP contribution in [-0.2, 0) is 41.8 Å². The van der Waals surface area contributed by atoms with E-state index < -0.39 is 35.3 Å². The third-order valence-electron chi connectivity index (χ3n) is 4.79. The summed E-state index contributed by atoms with van der Waals surface area (Å²) in [6, 6.07) is 18.3. The van der Waals surface area contributed by atoms with E-state index >= 15 is 0 Å². The van der Waals surface area contributed by atoms with Gasteiger partial charge in [0.15, 0.2) is 5.92 Å². The second-order valence-corrected chi connectivity index (χ2v) is 9.43. The van der Waals surface area contributed by atoms with E-state index in [4.69, 9.17) is 14.2 Å². The summed E-state index contributed by atoms with van der Waals surface area (Å²) in [6.45, 7) is 9.04. The molecule has 0 saturated carbocycles. The van der Waals surface area contributed by atoms with Gasteiger partial charge in [0.25, 0.3) is 0 Å². The van der Waals surface area contributed by atoms with Gasteiger partial charge in [-0.25, -0.2) is 0 Å². The molecular weight excluding hydrogens is 420 g/mol. The molecule has 0 saturated heterocycles. The number of hydrogen-bond donors (Lipinski definition) is 0. The van der Waals surface area contributed by atoms with Gasteiger partial charge in [0.2, 0.25) is 0 Å². The fourth-order valence-electron chi connectivity index (χ4n) is 3.32. The lowest BCUT2D eigenvalue weighted by atomic mass is 9.85. The SMILES string of the molecule is CC(C)C[C@H](C(=O)OC(C)(C)C)C(C(=O)OCc1ccccc1)C(=O)OCc1ccccc1. The van der Waals surface area contributed by atoms with E-state index in [0.29, 0.717) is 0 Å². The molecule has 2 rings (SSSR count). The molecule has 0 bridgehead atoms. The fourth-order valence-corrected chi connectivity index (χ4v) is 3.32. The summed E-state index contributed by atoms with van der Waals surface area (Å²) in [4.78, 5) is 39.3. The van der Waals surface area contributed by atoms with Crippen LogP contribution in [0.25, 0.3) is 0 Å². The molecule has 0 heterocycles. The molecule has 1 atom stereocenters. The number of ether oxygens (including phenoxy) is 3. The van der Waals surface area contributed by atoms with Crippen molar-refractivity contribution >= 4 is 17.9 Å². The molecule has 2 aromatic rings. The van der Waals surface area contributed by atoms with Crippen LogP contribution in [0.15, 0.2) is 60.7 Å². The van der Waals surface area contributed by atoms with Crippen LogP contribution in [-0.4, -0.2) is 23.5 Å². The number of carbonyl (C=O) groups is 3. The standard InChI is InChI=1S/C27H34O6/c1-19(2)16-22(24(28)33-27(3,4)5)23(25(29)31-17-20-12-8-6-9-13-20)26(30)32-18-21-14-10-7-11-15-21/h6-15,19,22-23H,16-18H2,1-5H3/t22-/m0/s1. The molecule has 2 aromatic carbocycles. The number of carbonyl (C=O) groups excluding carboxylic acids is 3. The summed E-state index contributed by atoms with van der Waals surface area (Å²) in [5.74, 6) is -4.62. The van der Waals surface area contributed by atoms with Crippen molar-refractivity contribution in [3.05, 3.63) is 71.8 Å². The zero-order chi connectivity index (χ0) is 24.4. The number of esters is 3. The van der Waals surface area contributed by atoms with Crippen LogP contribution in [0.4, 0.5) is 0 Å². The maximum Gasteiger partial charge on any atom is 0.321 e. The quantitative estimate of drug-likeness (QED) is 0.283. The average Bonchev–Trinajstić information content (AvgIpc) is 2.76. The molecule has 6 heteroatoms. The Balaban J connectivity index is 2.27. The number of benzene rings is 2. The summed E-state index contributed by atoms with van der Waals surface area (Å²) >= 11 is 0. The van der Waals surface area contributed by atoms with E-state index in [1.54, 1.807) is 20.8 Å². The molecule has 0 spiro atoms. The molecule has 178 valence electrons. The highest BCUT2D eigenvalue weighted by molar-refractivity contribution is 5.99. The highest BCUT2D eigenvalue weighted by Crippen LogP contribution is 2.28. The van der Waals surface area contributed by atoms with Crippen molar-refractivity contribution in [2.75, 3.05) is 0 Å². The Morgan fingerprint density at radius 1 is 0.727 bits per heavy atom. The summed E-state index contributed by atoms with van der Waals surface area (Å²) in [6.07, 6.45) is 0.278. The van der Waals surface area contributed by atoms with Gasteiger partial charge in [0.05, 0.1) is 5.92 Å². The minimum Gasteiger partial charge on any atom is -0.460 e. The summed E-state index contributed by atoms with van der Waals surface area (Å²) < 4.78 is 16.5. The van der Waals surface area contributed by atoms with Gasteiger partial charge in [0, 0.05) is 0 Å². The smallest absolute Gasteiger partial charge is 0.321 e. The van der Waals surface area contributed by atoms with E-state index in [0.717, 1.165) is 11.1 Å². The summed E-state index contributed by atoms with van der Waals surface area (Å²) in [5, 5.41) is 0. The van der Waals surface area contributed by atoms with Crippen LogP contribution < -0.4 is 0 Å². The predicted molar refractivity (Wildman–Crippen MR) is 125 cm³/mol. The molecule has 0 aliphatic rings. The monoisotopic (exact) mass is 454 g/mol. The lowest BCUT2D eigenvalue weighted by Gasteiger charge is -2.28. The zero-order valence-electron chi connectivity index (χ0n) is 20.1. The second-order valence-electron chi connectivity index (χ2n) is 9.43. The topological polar surface area (TPSA) is 78.9 Å². The first-order chi connectivity index (χ1) is 15.6. The Hall–Kier alpha value is -3.15. The van der Waals surface area contributed by atoms with Crippen molar-refractivity contribution in [2.24, 2.45) is 17.8 Å². The molecule has 0 unspecified atom stereocenters. The minimum absolute atomic E-state index is 0.00907. The summed E-state index contributed by atoms with van der Waals surface area (Å²) in [5.41, 5.74) is 0.790. The van der Waals surface area contributed by atoms with Crippen LogP contribution in [0.1, 0.15) is 52.2 Å². The second kappa shape index (κ2) is 12.2. The van der Waals surface area contributed by atoms with Crippen LogP contribution in [0.2, 0.25) is 0 Å². The molecule has 0 N–H and O–H groups in total. The first-order valence-electron chi connectivity index (χ1n) is 11.2. The normalized spacial score (nSPS) is 12.3. The van der Waals surface area contributed by atoms with Crippen LogP contribution in [0.5, 0.6) is 0 Å². The van der Waals surface area contributed by atoms with Gasteiger partial charge in [-0.05, 0) is 44.2 Å². The molecule has 0 amide bonds. The van der Waals surface area contributed by atoms with Gasteiger partial charge in [0.1, 0.15) is 18.8 Å². The third-order valence-corrected chi connectivity index (χ3v) is 4.79. The van der Waals surface area contributed by atoms with E-state index in [-0.39, 0.29) is 25.6 Å². The van der Waals surface area contributed by atoms with Gasteiger partial charge < -0.3 is 14.2 Å². The highest BCUT2D eigenvalue weighted by Gasteiger charge is 2.44. The molecule has 33 heavy (non-hydrogen) atoms. The summed E-state index contributed by atoms with van der Waals surface area (Å²) in [7, 11) is 0. The first kappa shape index (κ1) is 26.1. The van der Waals surface area contributed by atoms with Crippen molar-refractivity contribution < 1.29 is 28.6 Å². The molecule has 0 aliphatic heterocycles. The highest BCUT2D eigenvalue weighted by atomic mass is 16.6. The van der Waals surface area contributed by atoms with Crippen LogP contribution >= 0.6 is 0 Å². The maximum absolute atomic E-state index is 13.1. The molecule has 0 aromatic heterocycles. The van der Waals surface area contributed by atoms with E-state index in [9.17, 15) is 14.4 Å². The van der Waals surface area contributed by atoms with Gasteiger partial charge >= 0.3 is 17.9 Å². The predicted octanol–water partition coefficient (Wildman–Crippen LogP) is 5.09. The Labute approximate surface area is 196 Å². The van der Waals surface area contributed by atoms with Gasteiger partial charge in [-0.1, -0.05) is 74.5 Å². The molecular formula is C27H34O6. The van der Waals surface area contributed by atoms with Gasteiger partial charge in [-0.3, -0.25) is 14.4 Å². The van der Waals surface area contributed by atoms with Crippen molar-refractivity contribution in [3.8, 4) is 0 Å². The van der Waals surface area contributed by atoms with Crippen molar-refractivity contribution in [3.63, 3.8) is 0 Å². The Morgan fingerprint density at radius 2 is 1.15 bits per heavy atom. The first-order valence-corrected chi connectivity index (χ1v) is 11.2. The Kier molecular flexibility index (Phi) is 9.64. The molecule has 0 radical (unpaired) electrons. The zero-order valence-corrected chi connectivity index (χ0v) is 20.1. The lowest BCUT2D eigenvalue weighted by Crippen LogP contribution is -2.41. The maximum atomic E-state index is 13.1. The van der Waals surface area contributed by atoms with E-state index in [2.05, 4.69) is 0 Å². The van der Waals surface area contributed by atoms with Crippen molar-refractivity contribution in [1.29, 1.82) is 0 Å². The van der Waals surface area contributed by atoms with E-state index in [1.165, 1.54) is 0 Å². The fraction of sp³-hybridized carbons (Fsp3) is 0.444. The van der Waals surface area contributed by atoms with Gasteiger partial charge in [-0.2, -0.15) is 0 Å².